The molecule has 1 unspecified atom stereocenters. The van der Waals surface area contributed by atoms with Crippen LogP contribution in [-0.4, -0.2) is 45.7 Å². The van der Waals surface area contributed by atoms with Crippen molar-refractivity contribution in [1.82, 2.24) is 25.0 Å². The average Bonchev–Trinajstić information content (AvgIpc) is 2.98. The second-order valence-electron chi connectivity index (χ2n) is 6.85. The summed E-state index contributed by atoms with van der Waals surface area (Å²) in [5.74, 6) is -0.779. The number of pyridine rings is 1. The van der Waals surface area contributed by atoms with E-state index in [4.69, 9.17) is 0 Å². The summed E-state index contributed by atoms with van der Waals surface area (Å²) in [4.78, 5) is 18.6. The van der Waals surface area contributed by atoms with Gasteiger partial charge in [0.15, 0.2) is 5.69 Å². The van der Waals surface area contributed by atoms with Crippen LogP contribution in [0.4, 0.5) is 13.2 Å². The predicted molar refractivity (Wildman–Crippen MR) is 93.1 cm³/mol. The number of likely N-dealkylation sites (tertiary alicyclic amines) is 1. The van der Waals surface area contributed by atoms with E-state index in [1.165, 1.54) is 11.6 Å². The van der Waals surface area contributed by atoms with Crippen LogP contribution < -0.4 is 5.32 Å². The third-order valence-electron chi connectivity index (χ3n) is 4.77. The van der Waals surface area contributed by atoms with Crippen LogP contribution in [0.2, 0.25) is 0 Å². The molecule has 1 saturated heterocycles. The minimum atomic E-state index is -4.70. The van der Waals surface area contributed by atoms with E-state index in [9.17, 15) is 18.0 Å². The highest BCUT2D eigenvalue weighted by atomic mass is 19.4. The molecule has 1 atom stereocenters. The van der Waals surface area contributed by atoms with Gasteiger partial charge in [0.2, 0.25) is 0 Å². The monoisotopic (exact) mass is 381 g/mol. The van der Waals surface area contributed by atoms with E-state index < -0.39 is 23.3 Å². The summed E-state index contributed by atoms with van der Waals surface area (Å²) >= 11 is 0. The van der Waals surface area contributed by atoms with Crippen LogP contribution >= 0.6 is 0 Å². The van der Waals surface area contributed by atoms with Gasteiger partial charge in [-0.05, 0) is 45.0 Å². The SMILES string of the molecule is Cc1c(C(=O)NCc2cccnc2)c(C(F)(F)F)nn1C1CCCN(C)C1. The van der Waals surface area contributed by atoms with Gasteiger partial charge < -0.3 is 10.2 Å². The van der Waals surface area contributed by atoms with Crippen molar-refractivity contribution in [3.05, 3.63) is 47.0 Å². The number of alkyl halides is 3. The standard InChI is InChI=1S/C18H22F3N5O/c1-12-15(17(27)23-10-13-5-3-7-22-9-13)16(18(19,20)21)24-26(12)14-6-4-8-25(2)11-14/h3,5,7,9,14H,4,6,8,10-11H2,1-2H3,(H,23,27). The van der Waals surface area contributed by atoms with Crippen molar-refractivity contribution in [3.63, 3.8) is 0 Å². The van der Waals surface area contributed by atoms with Gasteiger partial charge in [-0.2, -0.15) is 18.3 Å². The van der Waals surface area contributed by atoms with Crippen molar-refractivity contribution in [2.24, 2.45) is 0 Å². The summed E-state index contributed by atoms with van der Waals surface area (Å²) < 4.78 is 42.0. The number of halogens is 3. The Kier molecular flexibility index (Phi) is 5.50. The number of hydrogen-bond acceptors (Lipinski definition) is 4. The molecular weight excluding hydrogens is 359 g/mol. The summed E-state index contributed by atoms with van der Waals surface area (Å²) in [6, 6.07) is 3.27. The van der Waals surface area contributed by atoms with Crippen molar-refractivity contribution in [3.8, 4) is 0 Å². The number of hydrogen-bond donors (Lipinski definition) is 1. The number of rotatable bonds is 4. The van der Waals surface area contributed by atoms with Crippen LogP contribution in [0.3, 0.4) is 0 Å². The van der Waals surface area contributed by atoms with Gasteiger partial charge in [0.25, 0.3) is 5.91 Å². The van der Waals surface area contributed by atoms with E-state index >= 15 is 0 Å². The smallest absolute Gasteiger partial charge is 0.348 e. The molecule has 9 heteroatoms. The molecule has 2 aromatic rings. The molecule has 1 fully saturated rings. The predicted octanol–water partition coefficient (Wildman–Crippen LogP) is 2.80. The number of carbonyl (C=O) groups excluding carboxylic acids is 1. The number of aromatic nitrogens is 3. The van der Waals surface area contributed by atoms with Crippen molar-refractivity contribution in [2.75, 3.05) is 20.1 Å². The molecule has 3 heterocycles. The Balaban J connectivity index is 1.89. The Labute approximate surface area is 155 Å². The quantitative estimate of drug-likeness (QED) is 0.885. The Morgan fingerprint density at radius 3 is 2.81 bits per heavy atom. The van der Waals surface area contributed by atoms with Crippen molar-refractivity contribution < 1.29 is 18.0 Å². The number of nitrogens with zero attached hydrogens (tertiary/aromatic N) is 4. The first kappa shape index (κ1) is 19.3. The molecule has 0 aliphatic carbocycles. The number of piperidine rings is 1. The fourth-order valence-electron chi connectivity index (χ4n) is 3.46. The van der Waals surface area contributed by atoms with Crippen molar-refractivity contribution >= 4 is 5.91 Å². The second-order valence-corrected chi connectivity index (χ2v) is 6.85. The van der Waals surface area contributed by atoms with Crippen molar-refractivity contribution in [1.29, 1.82) is 0 Å². The molecule has 146 valence electrons. The molecule has 1 aliphatic rings. The molecule has 3 rings (SSSR count). The molecular formula is C18H22F3N5O. The minimum absolute atomic E-state index is 0.0980. The molecule has 0 spiro atoms. The number of carbonyl (C=O) groups is 1. The maximum Gasteiger partial charge on any atom is 0.435 e. The van der Waals surface area contributed by atoms with Crippen LogP contribution in [0.5, 0.6) is 0 Å². The van der Waals surface area contributed by atoms with Crippen LogP contribution in [-0.2, 0) is 12.7 Å². The summed E-state index contributed by atoms with van der Waals surface area (Å²) in [6.07, 6.45) is 0.0599. The largest absolute Gasteiger partial charge is 0.435 e. The summed E-state index contributed by atoms with van der Waals surface area (Å²) in [5, 5.41) is 6.36. The molecule has 0 aromatic carbocycles. The maximum absolute atomic E-state index is 13.5. The molecule has 0 saturated carbocycles. The van der Waals surface area contributed by atoms with E-state index in [0.29, 0.717) is 12.1 Å². The first-order chi connectivity index (χ1) is 12.8. The fourth-order valence-corrected chi connectivity index (χ4v) is 3.46. The van der Waals surface area contributed by atoms with E-state index in [0.717, 1.165) is 19.4 Å². The van der Waals surface area contributed by atoms with Crippen LogP contribution in [0, 0.1) is 6.92 Å². The molecule has 0 bridgehead atoms. The number of amides is 1. The summed E-state index contributed by atoms with van der Waals surface area (Å²) in [5.41, 5.74) is -0.582. The first-order valence-corrected chi connectivity index (χ1v) is 8.79. The van der Waals surface area contributed by atoms with Gasteiger partial charge in [0, 0.05) is 31.2 Å². The van der Waals surface area contributed by atoms with Gasteiger partial charge in [-0.3, -0.25) is 14.5 Å². The molecule has 6 nitrogen and oxygen atoms in total. The first-order valence-electron chi connectivity index (χ1n) is 8.79. The van der Waals surface area contributed by atoms with Gasteiger partial charge in [-0.25, -0.2) is 0 Å². The van der Waals surface area contributed by atoms with Gasteiger partial charge >= 0.3 is 6.18 Å². The Hall–Kier alpha value is -2.42. The third kappa shape index (κ3) is 4.29. The minimum Gasteiger partial charge on any atom is -0.348 e. The Bertz CT molecular complexity index is 803. The van der Waals surface area contributed by atoms with Crippen LogP contribution in [0.1, 0.15) is 46.2 Å². The average molecular weight is 381 g/mol. The highest BCUT2D eigenvalue weighted by Gasteiger charge is 2.41. The van der Waals surface area contributed by atoms with Crippen molar-refractivity contribution in [2.45, 2.75) is 38.5 Å². The van der Waals surface area contributed by atoms with Gasteiger partial charge in [-0.1, -0.05) is 6.07 Å². The lowest BCUT2D eigenvalue weighted by molar-refractivity contribution is -0.142. The lowest BCUT2D eigenvalue weighted by atomic mass is 10.1. The van der Waals surface area contributed by atoms with E-state index in [1.54, 1.807) is 24.5 Å². The molecule has 0 radical (unpaired) electrons. The molecule has 1 N–H and O–H groups in total. The lowest BCUT2D eigenvalue weighted by Gasteiger charge is -2.30. The Morgan fingerprint density at radius 1 is 1.41 bits per heavy atom. The van der Waals surface area contributed by atoms with Gasteiger partial charge in [-0.15, -0.1) is 0 Å². The van der Waals surface area contributed by atoms with Crippen LogP contribution in [0.15, 0.2) is 24.5 Å². The number of likely N-dealkylation sites (N-methyl/N-ethyl adjacent to an activating group) is 1. The summed E-state index contributed by atoms with van der Waals surface area (Å²) in [6.45, 7) is 3.13. The fraction of sp³-hybridized carbons (Fsp3) is 0.500. The lowest BCUT2D eigenvalue weighted by Crippen LogP contribution is -2.34. The molecule has 1 aliphatic heterocycles. The van der Waals surface area contributed by atoms with Crippen LogP contribution in [0.25, 0.3) is 0 Å². The van der Waals surface area contributed by atoms with E-state index in [1.807, 2.05) is 7.05 Å². The second kappa shape index (κ2) is 7.67. The Morgan fingerprint density at radius 2 is 2.19 bits per heavy atom. The maximum atomic E-state index is 13.5. The molecule has 1 amide bonds. The zero-order valence-electron chi connectivity index (χ0n) is 15.3. The summed E-state index contributed by atoms with van der Waals surface area (Å²) in [7, 11) is 1.93. The zero-order chi connectivity index (χ0) is 19.6. The topological polar surface area (TPSA) is 63.1 Å². The normalized spacial score (nSPS) is 18.5. The van der Waals surface area contributed by atoms with E-state index in [-0.39, 0.29) is 18.3 Å². The molecule has 2 aromatic heterocycles. The molecule has 27 heavy (non-hydrogen) atoms. The highest BCUT2D eigenvalue weighted by molar-refractivity contribution is 5.96. The number of nitrogens with one attached hydrogen (secondary N) is 1. The third-order valence-corrected chi connectivity index (χ3v) is 4.77. The zero-order valence-corrected chi connectivity index (χ0v) is 15.3. The van der Waals surface area contributed by atoms with E-state index in [2.05, 4.69) is 20.3 Å². The highest BCUT2D eigenvalue weighted by Crippen LogP contribution is 2.34. The van der Waals surface area contributed by atoms with Gasteiger partial charge in [0.1, 0.15) is 0 Å². The van der Waals surface area contributed by atoms with Gasteiger partial charge in [0.05, 0.1) is 11.6 Å².